The molecule has 1 amide bonds. The van der Waals surface area contributed by atoms with Crippen LogP contribution < -0.4 is 5.32 Å². The van der Waals surface area contributed by atoms with Crippen molar-refractivity contribution in [3.05, 3.63) is 33.5 Å². The number of aryl methyl sites for hydroxylation is 3. The van der Waals surface area contributed by atoms with Crippen LogP contribution in [-0.4, -0.2) is 15.7 Å². The second-order valence-corrected chi connectivity index (χ2v) is 6.93. The van der Waals surface area contributed by atoms with Crippen molar-refractivity contribution in [3.63, 3.8) is 0 Å². The van der Waals surface area contributed by atoms with Gasteiger partial charge in [-0.15, -0.1) is 11.3 Å². The molecule has 3 rings (SSSR count). The van der Waals surface area contributed by atoms with Crippen molar-refractivity contribution < 1.29 is 4.79 Å². The number of aromatic nitrogens is 2. The Morgan fingerprint density at radius 3 is 2.96 bits per heavy atom. The van der Waals surface area contributed by atoms with Crippen molar-refractivity contribution in [3.8, 4) is 6.07 Å². The summed E-state index contributed by atoms with van der Waals surface area (Å²) in [6.07, 6.45) is 5.44. The number of carbonyl (C=O) groups excluding carboxylic acids is 1. The van der Waals surface area contributed by atoms with Gasteiger partial charge in [0.25, 0.3) is 5.91 Å². The van der Waals surface area contributed by atoms with Crippen molar-refractivity contribution in [2.45, 2.75) is 52.5 Å². The van der Waals surface area contributed by atoms with Crippen molar-refractivity contribution in [2.24, 2.45) is 0 Å². The molecule has 5 nitrogen and oxygen atoms in total. The lowest BCUT2D eigenvalue weighted by atomic mass is 10.1. The molecule has 0 radical (unpaired) electrons. The minimum Gasteiger partial charge on any atom is -0.311 e. The normalized spacial score (nSPS) is 14.0. The molecule has 0 saturated heterocycles. The summed E-state index contributed by atoms with van der Waals surface area (Å²) < 4.78 is 1.69. The first-order valence-corrected chi connectivity index (χ1v) is 8.86. The third-order valence-corrected chi connectivity index (χ3v) is 5.40. The number of carbonyl (C=O) groups is 1. The van der Waals surface area contributed by atoms with E-state index in [1.54, 1.807) is 22.1 Å². The van der Waals surface area contributed by atoms with Gasteiger partial charge in [-0.1, -0.05) is 6.42 Å². The van der Waals surface area contributed by atoms with Gasteiger partial charge in [0.2, 0.25) is 0 Å². The van der Waals surface area contributed by atoms with Gasteiger partial charge in [-0.3, -0.25) is 9.48 Å². The van der Waals surface area contributed by atoms with Gasteiger partial charge in [0.1, 0.15) is 16.8 Å². The molecule has 0 aliphatic heterocycles. The molecule has 2 aromatic rings. The van der Waals surface area contributed by atoms with Gasteiger partial charge in [-0.05, 0) is 51.2 Å². The highest BCUT2D eigenvalue weighted by Crippen LogP contribution is 2.37. The van der Waals surface area contributed by atoms with Crippen LogP contribution in [0.5, 0.6) is 0 Å². The molecular weight excluding hydrogens is 308 g/mol. The average Bonchev–Trinajstić information content (AvgIpc) is 2.99. The van der Waals surface area contributed by atoms with Gasteiger partial charge < -0.3 is 5.32 Å². The van der Waals surface area contributed by atoms with E-state index in [4.69, 9.17) is 0 Å². The molecule has 23 heavy (non-hydrogen) atoms. The molecule has 0 unspecified atom stereocenters. The number of anilines is 1. The molecule has 0 saturated carbocycles. The molecule has 0 fully saturated rings. The molecule has 0 spiro atoms. The zero-order valence-electron chi connectivity index (χ0n) is 13.5. The van der Waals surface area contributed by atoms with E-state index in [0.29, 0.717) is 22.8 Å². The molecule has 6 heteroatoms. The van der Waals surface area contributed by atoms with E-state index in [-0.39, 0.29) is 5.91 Å². The molecule has 0 atom stereocenters. The van der Waals surface area contributed by atoms with Gasteiger partial charge in [0.15, 0.2) is 0 Å². The van der Waals surface area contributed by atoms with Crippen LogP contribution in [0.25, 0.3) is 0 Å². The first-order valence-electron chi connectivity index (χ1n) is 8.04. The number of thiophene rings is 1. The Bertz CT molecular complexity index is 781. The number of rotatable bonds is 3. The van der Waals surface area contributed by atoms with E-state index < -0.39 is 0 Å². The Balaban J connectivity index is 1.91. The molecule has 1 aliphatic rings. The predicted octanol–water partition coefficient (Wildman–Crippen LogP) is 3.67. The number of fused-ring (bicyclic) bond motifs is 1. The molecule has 2 aromatic heterocycles. The summed E-state index contributed by atoms with van der Waals surface area (Å²) in [6.45, 7) is 4.47. The van der Waals surface area contributed by atoms with Gasteiger partial charge in [0, 0.05) is 11.4 Å². The Labute approximate surface area is 139 Å². The highest BCUT2D eigenvalue weighted by atomic mass is 32.1. The van der Waals surface area contributed by atoms with Crippen LogP contribution in [0, 0.1) is 18.3 Å². The van der Waals surface area contributed by atoms with Crippen LogP contribution in [0.4, 0.5) is 5.00 Å². The zero-order valence-corrected chi connectivity index (χ0v) is 14.3. The number of hydrogen-bond acceptors (Lipinski definition) is 4. The molecular formula is C17H20N4OS. The largest absolute Gasteiger partial charge is 0.311 e. The third-order valence-electron chi connectivity index (χ3n) is 4.19. The second-order valence-electron chi connectivity index (χ2n) is 5.82. The average molecular weight is 328 g/mol. The van der Waals surface area contributed by atoms with Crippen LogP contribution in [0.3, 0.4) is 0 Å². The lowest BCUT2D eigenvalue weighted by Crippen LogP contribution is -2.17. The van der Waals surface area contributed by atoms with Gasteiger partial charge in [-0.2, -0.15) is 10.4 Å². The molecule has 0 aromatic carbocycles. The van der Waals surface area contributed by atoms with Crippen molar-refractivity contribution in [2.75, 3.05) is 5.32 Å². The van der Waals surface area contributed by atoms with Crippen molar-refractivity contribution in [1.29, 1.82) is 5.26 Å². The quantitative estimate of drug-likeness (QED) is 0.874. The summed E-state index contributed by atoms with van der Waals surface area (Å²) in [5, 5.41) is 17.5. The van der Waals surface area contributed by atoms with Gasteiger partial charge >= 0.3 is 0 Å². The maximum atomic E-state index is 12.6. The van der Waals surface area contributed by atoms with E-state index in [0.717, 1.165) is 36.9 Å². The smallest absolute Gasteiger partial charge is 0.274 e. The van der Waals surface area contributed by atoms with E-state index in [1.165, 1.54) is 11.3 Å². The Morgan fingerprint density at radius 1 is 1.43 bits per heavy atom. The Morgan fingerprint density at radius 2 is 2.22 bits per heavy atom. The standard InChI is InChI=1S/C17H20N4OS/c1-3-21-14(9-11(2)20-21)16(22)19-17-13(10-18)12-7-5-4-6-8-15(12)23-17/h9H,3-8H2,1-2H3,(H,19,22). The minimum atomic E-state index is -0.194. The SMILES string of the molecule is CCn1nc(C)cc1C(=O)Nc1sc2c(c1C#N)CCCCC2. The molecule has 0 bridgehead atoms. The van der Waals surface area contributed by atoms with E-state index in [1.807, 2.05) is 13.8 Å². The van der Waals surface area contributed by atoms with Crippen molar-refractivity contribution >= 4 is 22.2 Å². The van der Waals surface area contributed by atoms with Crippen LogP contribution in [0.1, 0.15) is 58.4 Å². The first kappa shape index (κ1) is 15.8. The minimum absolute atomic E-state index is 0.194. The van der Waals surface area contributed by atoms with E-state index in [9.17, 15) is 10.1 Å². The van der Waals surface area contributed by atoms with Crippen LogP contribution >= 0.6 is 11.3 Å². The highest BCUT2D eigenvalue weighted by Gasteiger charge is 2.22. The molecule has 120 valence electrons. The second kappa shape index (κ2) is 6.55. The summed E-state index contributed by atoms with van der Waals surface area (Å²) in [5.74, 6) is -0.194. The first-order chi connectivity index (χ1) is 11.1. The number of amides is 1. The van der Waals surface area contributed by atoms with Crippen LogP contribution in [-0.2, 0) is 19.4 Å². The fourth-order valence-electron chi connectivity index (χ4n) is 3.09. The monoisotopic (exact) mass is 328 g/mol. The van der Waals surface area contributed by atoms with Crippen molar-refractivity contribution in [1.82, 2.24) is 9.78 Å². The highest BCUT2D eigenvalue weighted by molar-refractivity contribution is 7.16. The number of nitrogens with zero attached hydrogens (tertiary/aromatic N) is 3. The summed E-state index contributed by atoms with van der Waals surface area (Å²) in [4.78, 5) is 13.8. The topological polar surface area (TPSA) is 70.7 Å². The fourth-order valence-corrected chi connectivity index (χ4v) is 4.32. The lowest BCUT2D eigenvalue weighted by Gasteiger charge is -2.05. The lowest BCUT2D eigenvalue weighted by molar-refractivity contribution is 0.101. The summed E-state index contributed by atoms with van der Waals surface area (Å²) in [5.41, 5.74) is 3.15. The number of hydrogen-bond donors (Lipinski definition) is 1. The number of nitrogens with one attached hydrogen (secondary N) is 1. The third kappa shape index (κ3) is 3.02. The van der Waals surface area contributed by atoms with Gasteiger partial charge in [-0.25, -0.2) is 0 Å². The molecule has 1 N–H and O–H groups in total. The molecule has 1 aliphatic carbocycles. The molecule has 2 heterocycles. The summed E-state index contributed by atoms with van der Waals surface area (Å²) >= 11 is 1.56. The maximum Gasteiger partial charge on any atom is 0.274 e. The van der Waals surface area contributed by atoms with Crippen LogP contribution in [0.15, 0.2) is 6.07 Å². The summed E-state index contributed by atoms with van der Waals surface area (Å²) in [7, 11) is 0. The fraction of sp³-hybridized carbons (Fsp3) is 0.471. The van der Waals surface area contributed by atoms with E-state index >= 15 is 0 Å². The Hall–Kier alpha value is -2.13. The predicted molar refractivity (Wildman–Crippen MR) is 90.9 cm³/mol. The van der Waals surface area contributed by atoms with Gasteiger partial charge in [0.05, 0.1) is 11.3 Å². The maximum absolute atomic E-state index is 12.6. The van der Waals surface area contributed by atoms with Crippen LogP contribution in [0.2, 0.25) is 0 Å². The summed E-state index contributed by atoms with van der Waals surface area (Å²) in [6, 6.07) is 4.08. The Kier molecular flexibility index (Phi) is 4.49. The number of nitriles is 1. The van der Waals surface area contributed by atoms with E-state index in [2.05, 4.69) is 16.5 Å². The zero-order chi connectivity index (χ0) is 16.4.